The van der Waals surface area contributed by atoms with Crippen molar-refractivity contribution in [3.05, 3.63) is 52.6 Å². The van der Waals surface area contributed by atoms with E-state index in [2.05, 4.69) is 9.97 Å². The molecule has 0 aliphatic carbocycles. The Kier molecular flexibility index (Phi) is 6.34. The number of nitrogens with zero attached hydrogens (tertiary/aromatic N) is 4. The van der Waals surface area contributed by atoms with E-state index in [9.17, 15) is 9.59 Å². The van der Waals surface area contributed by atoms with Crippen LogP contribution in [0.3, 0.4) is 0 Å². The number of aromatic nitrogens is 2. The van der Waals surface area contributed by atoms with Crippen LogP contribution in [-0.4, -0.2) is 57.8 Å². The van der Waals surface area contributed by atoms with Gasteiger partial charge in [-0.05, 0) is 70.7 Å². The molecule has 1 aromatic carbocycles. The number of ether oxygens (including phenoxy) is 1. The van der Waals surface area contributed by atoms with E-state index >= 15 is 0 Å². The molecule has 3 rings (SSSR count). The number of hydrogen-bond acceptors (Lipinski definition) is 5. The second kappa shape index (κ2) is 8.65. The van der Waals surface area contributed by atoms with E-state index in [1.54, 1.807) is 41.1 Å². The maximum atomic E-state index is 13.4. The van der Waals surface area contributed by atoms with Crippen LogP contribution in [0.25, 0.3) is 0 Å². The molecule has 1 atom stereocenters. The Morgan fingerprint density at radius 1 is 1.16 bits per heavy atom. The first kappa shape index (κ1) is 22.7. The summed E-state index contributed by atoms with van der Waals surface area (Å²) in [5.41, 5.74) is 2.37. The van der Waals surface area contributed by atoms with Gasteiger partial charge in [-0.25, -0.2) is 9.97 Å². The molecule has 1 saturated heterocycles. The smallest absolute Gasteiger partial charge is 0.266 e. The van der Waals surface area contributed by atoms with E-state index in [1.807, 2.05) is 36.9 Å². The van der Waals surface area contributed by atoms with E-state index in [0.29, 0.717) is 29.4 Å². The topological polar surface area (TPSA) is 75.6 Å². The van der Waals surface area contributed by atoms with Gasteiger partial charge in [-0.2, -0.15) is 0 Å². The van der Waals surface area contributed by atoms with E-state index < -0.39 is 5.60 Å². The monoisotopic (exact) mass is 424 g/mol. The van der Waals surface area contributed by atoms with Crippen LogP contribution in [0, 0.1) is 20.8 Å². The number of rotatable bonds is 5. The van der Waals surface area contributed by atoms with Gasteiger partial charge in [0.1, 0.15) is 5.75 Å². The molecule has 7 nitrogen and oxygen atoms in total. The summed E-state index contributed by atoms with van der Waals surface area (Å²) in [6.45, 7) is 10.1. The van der Waals surface area contributed by atoms with Crippen molar-refractivity contribution >= 4 is 11.8 Å². The lowest BCUT2D eigenvalue weighted by Gasteiger charge is -2.33. The third kappa shape index (κ3) is 4.70. The standard InChI is InChI=1S/C24H32N4O3/c1-15-10-11-18(13-16(15)2)31-24(4,5)23(30)28-12-8-9-20(28)21-25-14-19(17(3)26-21)22(29)27(6)7/h10-11,13-14,20H,8-9,12H2,1-7H3/t20-/m0/s1. The molecule has 0 saturated carbocycles. The molecular weight excluding hydrogens is 392 g/mol. The Bertz CT molecular complexity index is 1000. The number of hydrogen-bond donors (Lipinski definition) is 0. The van der Waals surface area contributed by atoms with Crippen molar-refractivity contribution in [1.82, 2.24) is 19.8 Å². The summed E-state index contributed by atoms with van der Waals surface area (Å²) in [6.07, 6.45) is 3.22. The molecule has 2 heterocycles. The van der Waals surface area contributed by atoms with E-state index in [4.69, 9.17) is 4.74 Å². The Hall–Kier alpha value is -2.96. The molecule has 2 aromatic rings. The fraction of sp³-hybridized carbons (Fsp3) is 0.500. The third-order valence-corrected chi connectivity index (χ3v) is 5.81. The first-order chi connectivity index (χ1) is 14.5. The third-order valence-electron chi connectivity index (χ3n) is 5.81. The highest BCUT2D eigenvalue weighted by Gasteiger charge is 2.41. The zero-order valence-electron chi connectivity index (χ0n) is 19.5. The number of aryl methyl sites for hydroxylation is 3. The van der Waals surface area contributed by atoms with Crippen LogP contribution in [0.15, 0.2) is 24.4 Å². The van der Waals surface area contributed by atoms with Crippen molar-refractivity contribution in [2.24, 2.45) is 0 Å². The minimum Gasteiger partial charge on any atom is -0.478 e. The summed E-state index contributed by atoms with van der Waals surface area (Å²) in [7, 11) is 3.40. The van der Waals surface area contributed by atoms with Gasteiger partial charge in [0.05, 0.1) is 17.3 Å². The number of carbonyl (C=O) groups is 2. The molecule has 0 bridgehead atoms. The van der Waals surface area contributed by atoms with Gasteiger partial charge >= 0.3 is 0 Å². The fourth-order valence-corrected chi connectivity index (χ4v) is 3.84. The molecule has 0 spiro atoms. The Labute approximate surface area is 184 Å². The van der Waals surface area contributed by atoms with Gasteiger partial charge in [-0.15, -0.1) is 0 Å². The first-order valence-electron chi connectivity index (χ1n) is 10.6. The zero-order chi connectivity index (χ0) is 22.9. The summed E-state index contributed by atoms with van der Waals surface area (Å²) >= 11 is 0. The maximum Gasteiger partial charge on any atom is 0.266 e. The van der Waals surface area contributed by atoms with Gasteiger partial charge in [0.2, 0.25) is 0 Å². The molecule has 0 unspecified atom stereocenters. The molecule has 31 heavy (non-hydrogen) atoms. The van der Waals surface area contributed by atoms with Crippen LogP contribution < -0.4 is 4.74 Å². The summed E-state index contributed by atoms with van der Waals surface area (Å²) < 4.78 is 6.11. The Morgan fingerprint density at radius 3 is 2.48 bits per heavy atom. The van der Waals surface area contributed by atoms with E-state index in [1.165, 1.54) is 10.5 Å². The van der Waals surface area contributed by atoms with Crippen molar-refractivity contribution in [1.29, 1.82) is 0 Å². The quantitative estimate of drug-likeness (QED) is 0.733. The van der Waals surface area contributed by atoms with Gasteiger partial charge in [0.25, 0.3) is 11.8 Å². The second-order valence-corrected chi connectivity index (χ2v) is 8.94. The average Bonchev–Trinajstić information content (AvgIpc) is 3.19. The highest BCUT2D eigenvalue weighted by Crippen LogP contribution is 2.33. The van der Waals surface area contributed by atoms with Crippen LogP contribution >= 0.6 is 0 Å². The highest BCUT2D eigenvalue weighted by molar-refractivity contribution is 5.94. The van der Waals surface area contributed by atoms with E-state index in [0.717, 1.165) is 18.4 Å². The molecular formula is C24H32N4O3. The van der Waals surface area contributed by atoms with Crippen molar-refractivity contribution < 1.29 is 14.3 Å². The van der Waals surface area contributed by atoms with Crippen LogP contribution in [0.5, 0.6) is 5.75 Å². The molecule has 1 aromatic heterocycles. The van der Waals surface area contributed by atoms with E-state index in [-0.39, 0.29) is 17.9 Å². The number of carbonyl (C=O) groups excluding carboxylic acids is 2. The summed E-state index contributed by atoms with van der Waals surface area (Å²) in [5.74, 6) is 1.02. The normalized spacial score (nSPS) is 16.4. The molecule has 0 radical (unpaired) electrons. The molecule has 1 aliphatic heterocycles. The Balaban J connectivity index is 1.81. The summed E-state index contributed by atoms with van der Waals surface area (Å²) in [5, 5.41) is 0. The predicted molar refractivity (Wildman–Crippen MR) is 119 cm³/mol. The van der Waals surface area contributed by atoms with Crippen LogP contribution in [-0.2, 0) is 4.79 Å². The molecule has 1 fully saturated rings. The molecule has 0 N–H and O–H groups in total. The largest absolute Gasteiger partial charge is 0.478 e. The lowest BCUT2D eigenvalue weighted by atomic mass is 10.1. The maximum absolute atomic E-state index is 13.4. The number of amides is 2. The number of likely N-dealkylation sites (tertiary alicyclic amines) is 1. The van der Waals surface area contributed by atoms with Crippen molar-refractivity contribution in [3.63, 3.8) is 0 Å². The summed E-state index contributed by atoms with van der Waals surface area (Å²) in [6, 6.07) is 5.62. The molecule has 2 amide bonds. The zero-order valence-corrected chi connectivity index (χ0v) is 19.5. The molecule has 7 heteroatoms. The highest BCUT2D eigenvalue weighted by atomic mass is 16.5. The van der Waals surface area contributed by atoms with Gasteiger partial charge in [0.15, 0.2) is 11.4 Å². The minimum atomic E-state index is -1.03. The average molecular weight is 425 g/mol. The van der Waals surface area contributed by atoms with Crippen LogP contribution in [0.1, 0.15) is 65.7 Å². The van der Waals surface area contributed by atoms with Gasteiger partial charge in [0, 0.05) is 26.8 Å². The van der Waals surface area contributed by atoms with Crippen molar-refractivity contribution in [3.8, 4) is 5.75 Å². The van der Waals surface area contributed by atoms with Crippen molar-refractivity contribution in [2.45, 2.75) is 59.1 Å². The summed E-state index contributed by atoms with van der Waals surface area (Å²) in [4.78, 5) is 38.1. The molecule has 1 aliphatic rings. The molecule has 166 valence electrons. The van der Waals surface area contributed by atoms with Crippen LogP contribution in [0.4, 0.5) is 0 Å². The lowest BCUT2D eigenvalue weighted by molar-refractivity contribution is -0.146. The van der Waals surface area contributed by atoms with Crippen molar-refractivity contribution in [2.75, 3.05) is 20.6 Å². The van der Waals surface area contributed by atoms with Gasteiger partial charge in [-0.1, -0.05) is 6.07 Å². The Morgan fingerprint density at radius 2 is 1.87 bits per heavy atom. The lowest BCUT2D eigenvalue weighted by Crippen LogP contribution is -2.48. The second-order valence-electron chi connectivity index (χ2n) is 8.94. The first-order valence-corrected chi connectivity index (χ1v) is 10.6. The number of benzene rings is 1. The predicted octanol–water partition coefficient (Wildman–Crippen LogP) is 3.62. The van der Waals surface area contributed by atoms with Crippen LogP contribution in [0.2, 0.25) is 0 Å². The van der Waals surface area contributed by atoms with Gasteiger partial charge < -0.3 is 14.5 Å². The fourth-order valence-electron chi connectivity index (χ4n) is 3.84. The minimum absolute atomic E-state index is 0.0945. The van der Waals surface area contributed by atoms with Gasteiger partial charge in [-0.3, -0.25) is 9.59 Å². The SMILES string of the molecule is Cc1ccc(OC(C)(C)C(=O)N2CCC[C@H]2c2ncc(C(=O)N(C)C)c(C)n2)cc1C.